The topological polar surface area (TPSA) is 57.7 Å². The third-order valence-corrected chi connectivity index (χ3v) is 9.45. The summed E-state index contributed by atoms with van der Waals surface area (Å²) in [5.41, 5.74) is 1.37. The summed E-state index contributed by atoms with van der Waals surface area (Å²) in [5.74, 6) is 0.779. The molecule has 2 fully saturated rings. The van der Waals surface area contributed by atoms with Crippen LogP contribution in [-0.2, 0) is 21.2 Å². The summed E-state index contributed by atoms with van der Waals surface area (Å²) in [6, 6.07) is 17.6. The smallest absolute Gasteiger partial charge is 0.243 e. The summed E-state index contributed by atoms with van der Waals surface area (Å²) >= 11 is 1.59. The van der Waals surface area contributed by atoms with Crippen molar-refractivity contribution >= 4 is 27.7 Å². The highest BCUT2D eigenvalue weighted by Crippen LogP contribution is 2.28. The van der Waals surface area contributed by atoms with E-state index in [1.807, 2.05) is 29.4 Å². The van der Waals surface area contributed by atoms with Gasteiger partial charge in [0.15, 0.2) is 0 Å². The number of thioether (sulfide) groups is 1. The third kappa shape index (κ3) is 5.38. The highest BCUT2D eigenvalue weighted by molar-refractivity contribution is 7.98. The van der Waals surface area contributed by atoms with Crippen molar-refractivity contribution in [2.24, 2.45) is 11.8 Å². The van der Waals surface area contributed by atoms with Gasteiger partial charge >= 0.3 is 0 Å². The summed E-state index contributed by atoms with van der Waals surface area (Å²) in [7, 11) is -3.50. The fourth-order valence-electron chi connectivity index (χ4n) is 4.80. The molecule has 2 heterocycles. The van der Waals surface area contributed by atoms with Gasteiger partial charge in [0.25, 0.3) is 0 Å². The molecule has 172 valence electrons. The van der Waals surface area contributed by atoms with Gasteiger partial charge in [-0.15, -0.1) is 11.8 Å². The Morgan fingerprint density at radius 3 is 2.12 bits per heavy atom. The number of piperidine rings is 2. The Morgan fingerprint density at radius 1 is 0.906 bits per heavy atom. The second kappa shape index (κ2) is 10.4. The summed E-state index contributed by atoms with van der Waals surface area (Å²) < 4.78 is 27.5. The second-order valence-electron chi connectivity index (χ2n) is 8.81. The van der Waals surface area contributed by atoms with E-state index in [4.69, 9.17) is 0 Å². The summed E-state index contributed by atoms with van der Waals surface area (Å²) in [5, 5.41) is 0. The quantitative estimate of drug-likeness (QED) is 0.589. The van der Waals surface area contributed by atoms with Gasteiger partial charge in [0.1, 0.15) is 0 Å². The molecule has 2 saturated heterocycles. The molecule has 0 spiro atoms. The lowest BCUT2D eigenvalue weighted by Crippen LogP contribution is -2.46. The molecule has 0 atom stereocenters. The normalized spacial score (nSPS) is 19.2. The molecule has 2 aromatic rings. The van der Waals surface area contributed by atoms with E-state index in [9.17, 15) is 13.2 Å². The Balaban J connectivity index is 1.27. The minimum absolute atomic E-state index is 0.0639. The average molecular weight is 473 g/mol. The van der Waals surface area contributed by atoms with E-state index in [1.165, 1.54) is 9.87 Å². The first kappa shape index (κ1) is 23.3. The van der Waals surface area contributed by atoms with Crippen LogP contribution in [0.5, 0.6) is 0 Å². The van der Waals surface area contributed by atoms with Crippen LogP contribution in [0.15, 0.2) is 64.4 Å². The van der Waals surface area contributed by atoms with Gasteiger partial charge in [-0.3, -0.25) is 4.79 Å². The first-order valence-corrected chi connectivity index (χ1v) is 14.1. The molecule has 0 bridgehead atoms. The van der Waals surface area contributed by atoms with Crippen LogP contribution in [-0.4, -0.2) is 56.0 Å². The van der Waals surface area contributed by atoms with Crippen molar-refractivity contribution in [1.82, 2.24) is 9.21 Å². The fraction of sp³-hybridized carbons (Fsp3) is 0.480. The van der Waals surface area contributed by atoms with E-state index in [2.05, 4.69) is 24.3 Å². The number of rotatable bonds is 6. The van der Waals surface area contributed by atoms with E-state index < -0.39 is 10.0 Å². The Morgan fingerprint density at radius 2 is 1.53 bits per heavy atom. The van der Waals surface area contributed by atoms with E-state index in [1.54, 1.807) is 23.9 Å². The largest absolute Gasteiger partial charge is 0.342 e. The van der Waals surface area contributed by atoms with Crippen LogP contribution < -0.4 is 0 Å². The van der Waals surface area contributed by atoms with Crippen LogP contribution >= 0.6 is 11.8 Å². The lowest BCUT2D eigenvalue weighted by atomic mass is 9.89. The monoisotopic (exact) mass is 472 g/mol. The van der Waals surface area contributed by atoms with Crippen LogP contribution in [0, 0.1) is 11.8 Å². The number of hydrogen-bond donors (Lipinski definition) is 0. The van der Waals surface area contributed by atoms with Gasteiger partial charge in [-0.2, -0.15) is 4.31 Å². The van der Waals surface area contributed by atoms with E-state index >= 15 is 0 Å². The molecule has 7 heteroatoms. The molecule has 4 rings (SSSR count). The molecule has 0 N–H and O–H groups in total. The number of benzene rings is 2. The zero-order valence-corrected chi connectivity index (χ0v) is 20.3. The van der Waals surface area contributed by atoms with Crippen molar-refractivity contribution in [3.63, 3.8) is 0 Å². The summed E-state index contributed by atoms with van der Waals surface area (Å²) in [6.07, 6.45) is 6.34. The van der Waals surface area contributed by atoms with Crippen LogP contribution in [0.4, 0.5) is 0 Å². The van der Waals surface area contributed by atoms with Gasteiger partial charge in [0, 0.05) is 37.0 Å². The number of hydrogen-bond acceptors (Lipinski definition) is 4. The first-order valence-electron chi connectivity index (χ1n) is 11.4. The standard InChI is InChI=1S/C25H32N2O3S2/c1-31-23-7-9-24(10-8-23)32(29,30)27-17-13-22(14-18-27)25(28)26-15-11-21(12-16-26)19-20-5-3-2-4-6-20/h2-10,21-22H,11-19H2,1H3. The zero-order valence-electron chi connectivity index (χ0n) is 18.7. The van der Waals surface area contributed by atoms with Crippen LogP contribution in [0.1, 0.15) is 31.2 Å². The maximum atomic E-state index is 13.1. The van der Waals surface area contributed by atoms with Gasteiger partial charge in [0.2, 0.25) is 15.9 Å². The molecular weight excluding hydrogens is 440 g/mol. The van der Waals surface area contributed by atoms with E-state index in [0.29, 0.717) is 36.7 Å². The number of carbonyl (C=O) groups is 1. The lowest BCUT2D eigenvalue weighted by molar-refractivity contribution is -0.138. The molecule has 2 aliphatic rings. The molecule has 32 heavy (non-hydrogen) atoms. The minimum Gasteiger partial charge on any atom is -0.342 e. The SMILES string of the molecule is CSc1ccc(S(=O)(=O)N2CCC(C(=O)N3CCC(Cc4ccccc4)CC3)CC2)cc1. The van der Waals surface area contributed by atoms with Crippen molar-refractivity contribution < 1.29 is 13.2 Å². The van der Waals surface area contributed by atoms with Crippen LogP contribution in [0.25, 0.3) is 0 Å². The van der Waals surface area contributed by atoms with Gasteiger partial charge in [-0.1, -0.05) is 30.3 Å². The van der Waals surface area contributed by atoms with Crippen LogP contribution in [0.3, 0.4) is 0 Å². The number of nitrogens with zero attached hydrogens (tertiary/aromatic N) is 2. The highest BCUT2D eigenvalue weighted by Gasteiger charge is 2.34. The van der Waals surface area contributed by atoms with Gasteiger partial charge in [-0.25, -0.2) is 8.42 Å². The molecule has 5 nitrogen and oxygen atoms in total. The molecule has 0 unspecified atom stereocenters. The lowest BCUT2D eigenvalue weighted by Gasteiger charge is -2.37. The molecular formula is C25H32N2O3S2. The Kier molecular flexibility index (Phi) is 7.59. The predicted octanol–water partition coefficient (Wildman–Crippen LogP) is 4.29. The molecule has 0 radical (unpaired) electrons. The number of sulfonamides is 1. The molecule has 1 amide bonds. The van der Waals surface area contributed by atoms with E-state index in [-0.39, 0.29) is 11.8 Å². The maximum Gasteiger partial charge on any atom is 0.243 e. The van der Waals surface area contributed by atoms with Gasteiger partial charge < -0.3 is 4.90 Å². The van der Waals surface area contributed by atoms with E-state index in [0.717, 1.165) is 37.2 Å². The van der Waals surface area contributed by atoms with Crippen molar-refractivity contribution in [3.8, 4) is 0 Å². The average Bonchev–Trinajstić information content (AvgIpc) is 2.85. The summed E-state index contributed by atoms with van der Waals surface area (Å²) in [6.45, 7) is 2.45. The number of likely N-dealkylation sites (tertiary alicyclic amines) is 1. The van der Waals surface area contributed by atoms with Crippen molar-refractivity contribution in [1.29, 1.82) is 0 Å². The molecule has 0 aromatic heterocycles. The fourth-order valence-corrected chi connectivity index (χ4v) is 6.68. The van der Waals surface area contributed by atoms with Crippen molar-refractivity contribution in [2.75, 3.05) is 32.4 Å². The van der Waals surface area contributed by atoms with Gasteiger partial charge in [0.05, 0.1) is 4.90 Å². The summed E-state index contributed by atoms with van der Waals surface area (Å²) in [4.78, 5) is 16.5. The van der Waals surface area contributed by atoms with Gasteiger partial charge in [-0.05, 0) is 74.1 Å². The predicted molar refractivity (Wildman–Crippen MR) is 129 cm³/mol. The van der Waals surface area contributed by atoms with Crippen molar-refractivity contribution in [2.45, 2.75) is 41.9 Å². The maximum absolute atomic E-state index is 13.1. The molecule has 0 aliphatic carbocycles. The molecule has 2 aromatic carbocycles. The minimum atomic E-state index is -3.50. The highest BCUT2D eigenvalue weighted by atomic mass is 32.2. The second-order valence-corrected chi connectivity index (χ2v) is 11.6. The first-order chi connectivity index (χ1) is 15.5. The molecule has 2 aliphatic heterocycles. The van der Waals surface area contributed by atoms with Crippen LogP contribution in [0.2, 0.25) is 0 Å². The third-order valence-electron chi connectivity index (χ3n) is 6.79. The molecule has 0 saturated carbocycles. The zero-order chi connectivity index (χ0) is 22.6. The Bertz CT molecular complexity index is 993. The number of amides is 1. The Hall–Kier alpha value is -1.83. The number of carbonyl (C=O) groups excluding carboxylic acids is 1. The Labute approximate surface area is 196 Å². The van der Waals surface area contributed by atoms with Crippen molar-refractivity contribution in [3.05, 3.63) is 60.2 Å².